The molecule has 0 spiro atoms. The molecule has 5 heteroatoms. The molecule has 124 valence electrons. The summed E-state index contributed by atoms with van der Waals surface area (Å²) in [6.45, 7) is 1.62. The Morgan fingerprint density at radius 1 is 1.12 bits per heavy atom. The Bertz CT molecular complexity index is 718. The number of aromatic nitrogens is 2. The molecule has 1 fully saturated rings. The van der Waals surface area contributed by atoms with Crippen LogP contribution < -0.4 is 10.2 Å². The van der Waals surface area contributed by atoms with Gasteiger partial charge in [-0.15, -0.1) is 0 Å². The van der Waals surface area contributed by atoms with Crippen molar-refractivity contribution in [3.8, 4) is 0 Å². The number of nitrogens with zero attached hydrogens (tertiary/aromatic N) is 3. The Hall–Kier alpha value is -2.43. The minimum absolute atomic E-state index is 0.00955. The molecule has 1 saturated heterocycles. The first-order valence-corrected chi connectivity index (χ1v) is 8.71. The van der Waals surface area contributed by atoms with Gasteiger partial charge < -0.3 is 10.2 Å². The highest BCUT2D eigenvalue weighted by Gasteiger charge is 2.30. The van der Waals surface area contributed by atoms with Crippen molar-refractivity contribution in [1.29, 1.82) is 0 Å². The quantitative estimate of drug-likeness (QED) is 0.943. The lowest BCUT2D eigenvalue weighted by Gasteiger charge is -2.32. The first-order valence-electron chi connectivity index (χ1n) is 8.71. The number of nitrogens with one attached hydrogen (secondary N) is 1. The van der Waals surface area contributed by atoms with Gasteiger partial charge in [-0.3, -0.25) is 4.79 Å². The van der Waals surface area contributed by atoms with E-state index in [2.05, 4.69) is 44.5 Å². The highest BCUT2D eigenvalue weighted by atomic mass is 16.2. The van der Waals surface area contributed by atoms with E-state index in [1.54, 1.807) is 12.4 Å². The van der Waals surface area contributed by atoms with Gasteiger partial charge in [0.1, 0.15) is 0 Å². The monoisotopic (exact) mass is 322 g/mol. The van der Waals surface area contributed by atoms with E-state index in [-0.39, 0.29) is 17.9 Å². The Labute approximate surface area is 142 Å². The molecule has 0 bridgehead atoms. The van der Waals surface area contributed by atoms with Crippen molar-refractivity contribution >= 4 is 11.9 Å². The highest BCUT2D eigenvalue weighted by Crippen LogP contribution is 2.31. The van der Waals surface area contributed by atoms with Crippen LogP contribution in [0.2, 0.25) is 0 Å². The zero-order valence-electron chi connectivity index (χ0n) is 13.7. The summed E-state index contributed by atoms with van der Waals surface area (Å²) >= 11 is 0. The van der Waals surface area contributed by atoms with Gasteiger partial charge in [-0.2, -0.15) is 0 Å². The van der Waals surface area contributed by atoms with Crippen LogP contribution in [0, 0.1) is 5.92 Å². The average molecular weight is 322 g/mol. The molecule has 2 atom stereocenters. The fraction of sp³-hybridized carbons (Fsp3) is 0.421. The predicted molar refractivity (Wildman–Crippen MR) is 92.6 cm³/mol. The van der Waals surface area contributed by atoms with Gasteiger partial charge >= 0.3 is 0 Å². The zero-order valence-corrected chi connectivity index (χ0v) is 13.7. The summed E-state index contributed by atoms with van der Waals surface area (Å²) in [4.78, 5) is 23.5. The molecule has 0 radical (unpaired) electrons. The number of rotatable bonds is 3. The summed E-state index contributed by atoms with van der Waals surface area (Å²) in [6.07, 6.45) is 7.49. The van der Waals surface area contributed by atoms with Crippen LogP contribution in [0.5, 0.6) is 0 Å². The lowest BCUT2D eigenvalue weighted by atomic mass is 9.96. The molecule has 1 amide bonds. The molecular formula is C19H22N4O. The molecule has 2 aliphatic rings. The number of anilines is 1. The van der Waals surface area contributed by atoms with Gasteiger partial charge in [0.2, 0.25) is 11.9 Å². The van der Waals surface area contributed by atoms with Crippen LogP contribution in [0.4, 0.5) is 5.95 Å². The van der Waals surface area contributed by atoms with E-state index < -0.39 is 0 Å². The summed E-state index contributed by atoms with van der Waals surface area (Å²) in [5.74, 6) is 0.897. The number of hydrogen-bond donors (Lipinski definition) is 1. The fourth-order valence-electron chi connectivity index (χ4n) is 3.82. The number of fused-ring (bicyclic) bond motifs is 1. The molecule has 1 aliphatic heterocycles. The van der Waals surface area contributed by atoms with Gasteiger partial charge in [0.25, 0.3) is 0 Å². The van der Waals surface area contributed by atoms with E-state index in [4.69, 9.17) is 0 Å². The summed E-state index contributed by atoms with van der Waals surface area (Å²) in [7, 11) is 0. The molecule has 2 heterocycles. The van der Waals surface area contributed by atoms with E-state index in [1.165, 1.54) is 11.1 Å². The molecule has 1 aromatic heterocycles. The van der Waals surface area contributed by atoms with Crippen molar-refractivity contribution in [3.05, 3.63) is 53.9 Å². The Morgan fingerprint density at radius 2 is 1.96 bits per heavy atom. The van der Waals surface area contributed by atoms with Crippen molar-refractivity contribution in [2.75, 3.05) is 18.0 Å². The number of aryl methyl sites for hydroxylation is 1. The summed E-state index contributed by atoms with van der Waals surface area (Å²) in [5.41, 5.74) is 2.65. The molecule has 1 aromatic carbocycles. The lowest BCUT2D eigenvalue weighted by Crippen LogP contribution is -2.44. The summed E-state index contributed by atoms with van der Waals surface area (Å²) in [6, 6.07) is 10.4. The second-order valence-electron chi connectivity index (χ2n) is 6.63. The Balaban J connectivity index is 1.42. The van der Waals surface area contributed by atoms with Crippen molar-refractivity contribution in [2.45, 2.75) is 31.7 Å². The molecule has 24 heavy (non-hydrogen) atoms. The van der Waals surface area contributed by atoms with Crippen LogP contribution in [-0.2, 0) is 11.2 Å². The third-order valence-corrected chi connectivity index (χ3v) is 5.08. The molecule has 2 unspecified atom stereocenters. The molecule has 0 saturated carbocycles. The minimum atomic E-state index is 0.00955. The number of benzene rings is 1. The van der Waals surface area contributed by atoms with Gasteiger partial charge in [-0.25, -0.2) is 9.97 Å². The summed E-state index contributed by atoms with van der Waals surface area (Å²) in [5, 5.41) is 3.27. The maximum atomic E-state index is 12.8. The van der Waals surface area contributed by atoms with Crippen molar-refractivity contribution in [1.82, 2.24) is 15.3 Å². The van der Waals surface area contributed by atoms with E-state index in [1.807, 2.05) is 6.07 Å². The van der Waals surface area contributed by atoms with Crippen molar-refractivity contribution < 1.29 is 4.79 Å². The molecule has 5 nitrogen and oxygen atoms in total. The second-order valence-corrected chi connectivity index (χ2v) is 6.63. The second kappa shape index (κ2) is 6.59. The largest absolute Gasteiger partial charge is 0.349 e. The maximum absolute atomic E-state index is 12.8. The highest BCUT2D eigenvalue weighted by molar-refractivity contribution is 5.80. The zero-order chi connectivity index (χ0) is 16.4. The first kappa shape index (κ1) is 15.1. The van der Waals surface area contributed by atoms with Crippen LogP contribution in [0.15, 0.2) is 42.7 Å². The predicted octanol–water partition coefficient (Wildman–Crippen LogP) is 2.50. The van der Waals surface area contributed by atoms with Crippen molar-refractivity contribution in [2.24, 2.45) is 5.92 Å². The Morgan fingerprint density at radius 3 is 2.83 bits per heavy atom. The van der Waals surface area contributed by atoms with Crippen LogP contribution >= 0.6 is 0 Å². The van der Waals surface area contributed by atoms with E-state index in [9.17, 15) is 4.79 Å². The van der Waals surface area contributed by atoms with Gasteiger partial charge in [0, 0.05) is 25.5 Å². The first-order chi connectivity index (χ1) is 11.8. The van der Waals surface area contributed by atoms with E-state index in [0.29, 0.717) is 6.54 Å². The van der Waals surface area contributed by atoms with Gasteiger partial charge in [-0.1, -0.05) is 24.3 Å². The third kappa shape index (κ3) is 2.98. The number of carbonyl (C=O) groups excluding carboxylic acids is 1. The summed E-state index contributed by atoms with van der Waals surface area (Å²) < 4.78 is 0. The number of piperidine rings is 1. The van der Waals surface area contributed by atoms with Gasteiger partial charge in [0.15, 0.2) is 0 Å². The van der Waals surface area contributed by atoms with Crippen LogP contribution in [0.1, 0.15) is 36.4 Å². The average Bonchev–Trinajstić information content (AvgIpc) is 3.06. The maximum Gasteiger partial charge on any atom is 0.225 e. The van der Waals surface area contributed by atoms with Crippen LogP contribution in [-0.4, -0.2) is 29.0 Å². The van der Waals surface area contributed by atoms with E-state index >= 15 is 0 Å². The third-order valence-electron chi connectivity index (χ3n) is 5.08. The topological polar surface area (TPSA) is 58.1 Å². The molecule has 1 N–H and O–H groups in total. The number of carbonyl (C=O) groups is 1. The lowest BCUT2D eigenvalue weighted by molar-refractivity contribution is -0.126. The Kier molecular flexibility index (Phi) is 4.15. The molecule has 4 rings (SSSR count). The van der Waals surface area contributed by atoms with Crippen LogP contribution in [0.25, 0.3) is 0 Å². The van der Waals surface area contributed by atoms with Gasteiger partial charge in [-0.05, 0) is 42.9 Å². The standard InChI is InChI=1S/C19H22N4O/c24-18(22-17-9-8-14-5-1-2-7-16(14)17)15-6-3-12-23(13-15)19-20-10-4-11-21-19/h1-2,4-5,7,10-11,15,17H,3,6,8-9,12-13H2,(H,22,24). The number of hydrogen-bond acceptors (Lipinski definition) is 4. The molecular weight excluding hydrogens is 300 g/mol. The fourth-order valence-corrected chi connectivity index (χ4v) is 3.82. The van der Waals surface area contributed by atoms with Crippen LogP contribution in [0.3, 0.4) is 0 Å². The van der Waals surface area contributed by atoms with Gasteiger partial charge in [0.05, 0.1) is 12.0 Å². The minimum Gasteiger partial charge on any atom is -0.349 e. The normalized spacial score (nSPS) is 22.9. The SMILES string of the molecule is O=C(NC1CCc2ccccc21)C1CCCN(c2ncccn2)C1. The molecule has 1 aliphatic carbocycles. The van der Waals surface area contributed by atoms with E-state index in [0.717, 1.165) is 38.2 Å². The number of amides is 1. The molecule has 2 aromatic rings. The van der Waals surface area contributed by atoms with Crippen molar-refractivity contribution in [3.63, 3.8) is 0 Å². The smallest absolute Gasteiger partial charge is 0.225 e.